The summed E-state index contributed by atoms with van der Waals surface area (Å²) in [4.78, 5) is 18.2. The van der Waals surface area contributed by atoms with Crippen LogP contribution in [0.3, 0.4) is 0 Å². The van der Waals surface area contributed by atoms with Gasteiger partial charge >= 0.3 is 0 Å². The molecule has 5 heteroatoms. The Kier molecular flexibility index (Phi) is 5.97. The highest BCUT2D eigenvalue weighted by Gasteiger charge is 2.46. The van der Waals surface area contributed by atoms with E-state index in [4.69, 9.17) is 4.74 Å². The maximum absolute atomic E-state index is 13.6. The van der Waals surface area contributed by atoms with Gasteiger partial charge in [-0.3, -0.25) is 9.69 Å². The number of ether oxygens (including phenoxy) is 1. The van der Waals surface area contributed by atoms with Crippen molar-refractivity contribution in [3.8, 4) is 5.75 Å². The summed E-state index contributed by atoms with van der Waals surface area (Å²) in [6, 6.07) is 16.7. The lowest BCUT2D eigenvalue weighted by Gasteiger charge is -2.29. The molecule has 31 heavy (non-hydrogen) atoms. The number of hydrogen-bond acceptors (Lipinski definition) is 4. The fraction of sp³-hybridized carbons (Fsp3) is 0.500. The Morgan fingerprint density at radius 2 is 1.74 bits per heavy atom. The Bertz CT molecular complexity index is 890. The van der Waals surface area contributed by atoms with Gasteiger partial charge in [-0.15, -0.1) is 0 Å². The smallest absolute Gasteiger partial charge is 0.254 e. The van der Waals surface area contributed by atoms with Gasteiger partial charge in [-0.25, -0.2) is 0 Å². The predicted molar refractivity (Wildman–Crippen MR) is 122 cm³/mol. The predicted octanol–water partition coefficient (Wildman–Crippen LogP) is 3.71. The van der Waals surface area contributed by atoms with Gasteiger partial charge in [-0.05, 0) is 67.2 Å². The average molecular weight is 420 g/mol. The lowest BCUT2D eigenvalue weighted by atomic mass is 9.89. The van der Waals surface area contributed by atoms with Crippen LogP contribution in [-0.4, -0.2) is 55.5 Å². The SMILES string of the molecule is COc1ccc([C@H]2[C@H]3CNC[C@H]3CN2C(=O)c2ccc(CN3CCCCC3)cc2)cc1. The molecule has 3 heterocycles. The number of hydrogen-bond donors (Lipinski definition) is 1. The monoisotopic (exact) mass is 419 g/mol. The molecular formula is C26H33N3O2. The van der Waals surface area contributed by atoms with Crippen molar-refractivity contribution in [2.45, 2.75) is 31.8 Å². The van der Waals surface area contributed by atoms with Crippen LogP contribution in [0.25, 0.3) is 0 Å². The fourth-order valence-electron chi connectivity index (χ4n) is 5.65. The summed E-state index contributed by atoms with van der Waals surface area (Å²) in [6.45, 7) is 6.16. The quantitative estimate of drug-likeness (QED) is 0.802. The van der Waals surface area contributed by atoms with Crippen molar-refractivity contribution in [2.24, 2.45) is 11.8 Å². The highest BCUT2D eigenvalue weighted by atomic mass is 16.5. The van der Waals surface area contributed by atoms with Crippen molar-refractivity contribution in [2.75, 3.05) is 39.8 Å². The lowest BCUT2D eigenvalue weighted by molar-refractivity contribution is 0.0714. The molecule has 0 aliphatic carbocycles. The van der Waals surface area contributed by atoms with E-state index in [9.17, 15) is 4.79 Å². The highest BCUT2D eigenvalue weighted by molar-refractivity contribution is 5.94. The largest absolute Gasteiger partial charge is 0.497 e. The van der Waals surface area contributed by atoms with Crippen molar-refractivity contribution < 1.29 is 9.53 Å². The Morgan fingerprint density at radius 1 is 1.00 bits per heavy atom. The first kappa shape index (κ1) is 20.5. The molecule has 0 saturated carbocycles. The van der Waals surface area contributed by atoms with Crippen LogP contribution >= 0.6 is 0 Å². The van der Waals surface area contributed by atoms with E-state index in [0.717, 1.165) is 37.5 Å². The first-order chi connectivity index (χ1) is 15.2. The minimum Gasteiger partial charge on any atom is -0.497 e. The van der Waals surface area contributed by atoms with Crippen LogP contribution in [0.15, 0.2) is 48.5 Å². The summed E-state index contributed by atoms with van der Waals surface area (Å²) >= 11 is 0. The maximum atomic E-state index is 13.6. The van der Waals surface area contributed by atoms with Gasteiger partial charge in [0.25, 0.3) is 5.91 Å². The molecule has 3 aliphatic rings. The second-order valence-electron chi connectivity index (χ2n) is 9.29. The Balaban J connectivity index is 1.34. The van der Waals surface area contributed by atoms with Gasteiger partial charge in [-0.2, -0.15) is 0 Å². The van der Waals surface area contributed by atoms with Crippen LogP contribution in [0.5, 0.6) is 5.75 Å². The van der Waals surface area contributed by atoms with Crippen molar-refractivity contribution in [3.05, 3.63) is 65.2 Å². The number of fused-ring (bicyclic) bond motifs is 1. The molecule has 0 radical (unpaired) electrons. The van der Waals surface area contributed by atoms with Gasteiger partial charge in [0, 0.05) is 37.7 Å². The Morgan fingerprint density at radius 3 is 2.45 bits per heavy atom. The molecule has 3 saturated heterocycles. The molecule has 5 rings (SSSR count). The molecule has 2 aromatic rings. The first-order valence-electron chi connectivity index (χ1n) is 11.7. The molecular weight excluding hydrogens is 386 g/mol. The third-order valence-corrected chi connectivity index (χ3v) is 7.34. The molecule has 3 aliphatic heterocycles. The minimum absolute atomic E-state index is 0.117. The number of amides is 1. The van der Waals surface area contributed by atoms with Gasteiger partial charge in [-0.1, -0.05) is 30.7 Å². The summed E-state index contributed by atoms with van der Waals surface area (Å²) in [5.41, 5.74) is 3.30. The zero-order chi connectivity index (χ0) is 21.2. The number of piperidine rings is 1. The molecule has 1 N–H and O–H groups in total. The molecule has 0 unspecified atom stereocenters. The van der Waals surface area contributed by atoms with Crippen molar-refractivity contribution in [1.29, 1.82) is 0 Å². The molecule has 3 fully saturated rings. The van der Waals surface area contributed by atoms with Gasteiger partial charge in [0.1, 0.15) is 5.75 Å². The number of carbonyl (C=O) groups is 1. The van der Waals surface area contributed by atoms with E-state index in [1.807, 2.05) is 24.3 Å². The van der Waals surface area contributed by atoms with Crippen molar-refractivity contribution in [3.63, 3.8) is 0 Å². The second-order valence-corrected chi connectivity index (χ2v) is 9.29. The molecule has 0 spiro atoms. The van der Waals surface area contributed by atoms with Gasteiger partial charge < -0.3 is 15.0 Å². The van der Waals surface area contributed by atoms with E-state index in [0.29, 0.717) is 11.8 Å². The van der Waals surface area contributed by atoms with E-state index in [2.05, 4.69) is 39.4 Å². The average Bonchev–Trinajstić information content (AvgIpc) is 3.41. The Hall–Kier alpha value is -2.37. The topological polar surface area (TPSA) is 44.8 Å². The van der Waals surface area contributed by atoms with Gasteiger partial charge in [0.2, 0.25) is 0 Å². The van der Waals surface area contributed by atoms with E-state index in [-0.39, 0.29) is 11.9 Å². The summed E-state index contributed by atoms with van der Waals surface area (Å²) in [7, 11) is 1.69. The number of carbonyl (C=O) groups excluding carboxylic acids is 1. The van der Waals surface area contributed by atoms with Gasteiger partial charge in [0.15, 0.2) is 0 Å². The summed E-state index contributed by atoms with van der Waals surface area (Å²) < 4.78 is 5.33. The van der Waals surface area contributed by atoms with Crippen LogP contribution in [0.2, 0.25) is 0 Å². The minimum atomic E-state index is 0.117. The third kappa shape index (κ3) is 4.21. The number of benzene rings is 2. The number of rotatable bonds is 5. The second kappa shape index (κ2) is 9.01. The van der Waals surface area contributed by atoms with Gasteiger partial charge in [0.05, 0.1) is 13.2 Å². The van der Waals surface area contributed by atoms with Crippen LogP contribution in [0, 0.1) is 11.8 Å². The van der Waals surface area contributed by atoms with Crippen molar-refractivity contribution in [1.82, 2.24) is 15.1 Å². The molecule has 0 aromatic heterocycles. The van der Waals surface area contributed by atoms with E-state index in [1.54, 1.807) is 7.11 Å². The number of methoxy groups -OCH3 is 1. The highest BCUT2D eigenvalue weighted by Crippen LogP contribution is 2.43. The summed E-state index contributed by atoms with van der Waals surface area (Å²) in [5.74, 6) is 2.00. The number of likely N-dealkylation sites (tertiary alicyclic amines) is 2. The van der Waals surface area contributed by atoms with E-state index in [1.165, 1.54) is 43.5 Å². The number of nitrogens with one attached hydrogen (secondary N) is 1. The zero-order valence-corrected chi connectivity index (χ0v) is 18.4. The van der Waals surface area contributed by atoms with Crippen LogP contribution < -0.4 is 10.1 Å². The molecule has 1 amide bonds. The molecule has 0 bridgehead atoms. The standard InChI is InChI=1S/C26H33N3O2/c1-31-23-11-9-20(10-12-23)25-24-16-27-15-22(24)18-29(25)26(30)21-7-5-19(6-8-21)17-28-13-3-2-4-14-28/h5-12,22,24-25,27H,2-4,13-18H2,1H3/t22-,24-,25-/m0/s1. The van der Waals surface area contributed by atoms with Crippen LogP contribution in [0.4, 0.5) is 0 Å². The summed E-state index contributed by atoms with van der Waals surface area (Å²) in [5, 5.41) is 3.52. The zero-order valence-electron chi connectivity index (χ0n) is 18.4. The normalized spacial score (nSPS) is 26.1. The Labute approximate surface area is 185 Å². The van der Waals surface area contributed by atoms with Crippen LogP contribution in [0.1, 0.15) is 46.8 Å². The first-order valence-corrected chi connectivity index (χ1v) is 11.7. The third-order valence-electron chi connectivity index (χ3n) is 7.34. The fourth-order valence-corrected chi connectivity index (χ4v) is 5.65. The van der Waals surface area contributed by atoms with Crippen LogP contribution in [-0.2, 0) is 6.54 Å². The van der Waals surface area contributed by atoms with E-state index < -0.39 is 0 Å². The molecule has 5 nitrogen and oxygen atoms in total. The van der Waals surface area contributed by atoms with Crippen molar-refractivity contribution >= 4 is 5.91 Å². The molecule has 2 aromatic carbocycles. The number of nitrogens with zero attached hydrogens (tertiary/aromatic N) is 2. The molecule has 164 valence electrons. The summed E-state index contributed by atoms with van der Waals surface area (Å²) in [6.07, 6.45) is 3.96. The molecule has 3 atom stereocenters. The lowest BCUT2D eigenvalue weighted by Crippen LogP contribution is -2.34. The van der Waals surface area contributed by atoms with E-state index >= 15 is 0 Å². The maximum Gasteiger partial charge on any atom is 0.254 e.